The SMILES string of the molecule is [B]C1OC(CCP(=C)(C)C)C(O)C1C. The highest BCUT2D eigenvalue weighted by Crippen LogP contribution is 2.38. The lowest BCUT2D eigenvalue weighted by Crippen LogP contribution is -2.26. The van der Waals surface area contributed by atoms with Crippen molar-refractivity contribution in [2.45, 2.75) is 31.6 Å². The van der Waals surface area contributed by atoms with Gasteiger partial charge in [-0.15, -0.1) is 13.2 Å². The second kappa shape index (κ2) is 4.43. The molecule has 80 valence electrons. The van der Waals surface area contributed by atoms with Crippen LogP contribution in [0.25, 0.3) is 0 Å². The molecule has 1 aliphatic rings. The average molecular weight is 214 g/mol. The highest BCUT2D eigenvalue weighted by atomic mass is 31.2. The smallest absolute Gasteiger partial charge is 0.109 e. The quantitative estimate of drug-likeness (QED) is 0.560. The third-order valence-corrected chi connectivity index (χ3v) is 4.26. The minimum Gasteiger partial charge on any atom is -0.390 e. The topological polar surface area (TPSA) is 29.5 Å². The Bertz CT molecular complexity index is 238. The molecule has 0 bridgehead atoms. The van der Waals surface area contributed by atoms with Crippen LogP contribution in [0.1, 0.15) is 13.3 Å². The minimum absolute atomic E-state index is 0.0475. The van der Waals surface area contributed by atoms with Crippen LogP contribution in [0.15, 0.2) is 0 Å². The van der Waals surface area contributed by atoms with E-state index in [9.17, 15) is 5.11 Å². The molecule has 1 fully saturated rings. The summed E-state index contributed by atoms with van der Waals surface area (Å²) >= 11 is 0. The zero-order chi connectivity index (χ0) is 10.9. The van der Waals surface area contributed by atoms with Crippen molar-refractivity contribution in [2.24, 2.45) is 5.92 Å². The standard InChI is InChI=1S/C10H20BO2P/c1-7-9(12)8(13-10(7)11)5-6-14(2,3)4/h7-10,12H,2,5-6H2,1,3-4H3. The Balaban J connectivity index is 2.44. The van der Waals surface area contributed by atoms with Crippen molar-refractivity contribution in [2.75, 3.05) is 19.5 Å². The molecule has 4 unspecified atom stereocenters. The van der Waals surface area contributed by atoms with Crippen LogP contribution in [0.4, 0.5) is 0 Å². The number of hydrogen-bond acceptors (Lipinski definition) is 2. The fraction of sp³-hybridized carbons (Fsp3) is 0.900. The van der Waals surface area contributed by atoms with E-state index in [1.165, 1.54) is 0 Å². The van der Waals surface area contributed by atoms with Crippen molar-refractivity contribution in [3.63, 3.8) is 0 Å². The molecule has 2 nitrogen and oxygen atoms in total. The maximum absolute atomic E-state index is 9.81. The Labute approximate surface area is 88.4 Å². The second-order valence-corrected chi connectivity index (χ2v) is 9.26. The molecule has 14 heavy (non-hydrogen) atoms. The van der Waals surface area contributed by atoms with E-state index in [-0.39, 0.29) is 18.0 Å². The molecule has 1 aliphatic heterocycles. The van der Waals surface area contributed by atoms with Crippen LogP contribution in [0.2, 0.25) is 0 Å². The van der Waals surface area contributed by atoms with Gasteiger partial charge in [0, 0.05) is 11.9 Å². The lowest BCUT2D eigenvalue weighted by atomic mass is 9.86. The molecule has 0 amide bonds. The molecule has 4 atom stereocenters. The van der Waals surface area contributed by atoms with Gasteiger partial charge >= 0.3 is 0 Å². The lowest BCUT2D eigenvalue weighted by Gasteiger charge is -2.19. The molecular weight excluding hydrogens is 194 g/mol. The molecule has 1 N–H and O–H groups in total. The molecule has 0 aliphatic carbocycles. The van der Waals surface area contributed by atoms with E-state index in [4.69, 9.17) is 12.6 Å². The van der Waals surface area contributed by atoms with Gasteiger partial charge in [-0.2, -0.15) is 0 Å². The highest BCUT2D eigenvalue weighted by molar-refractivity contribution is 7.72. The van der Waals surface area contributed by atoms with Gasteiger partial charge in [0.05, 0.1) is 12.2 Å². The molecule has 1 rings (SSSR count). The summed E-state index contributed by atoms with van der Waals surface area (Å²) in [5.74, 6) is 0.0475. The summed E-state index contributed by atoms with van der Waals surface area (Å²) in [4.78, 5) is 0. The normalized spacial score (nSPS) is 38.9. The monoisotopic (exact) mass is 214 g/mol. The van der Waals surface area contributed by atoms with E-state index in [2.05, 4.69) is 19.6 Å². The average Bonchev–Trinajstić information content (AvgIpc) is 2.28. The van der Waals surface area contributed by atoms with Crippen molar-refractivity contribution in [1.82, 2.24) is 0 Å². The summed E-state index contributed by atoms with van der Waals surface area (Å²) < 4.78 is 5.50. The summed E-state index contributed by atoms with van der Waals surface area (Å²) in [6.07, 6.45) is 5.58. The largest absolute Gasteiger partial charge is 0.390 e. The zero-order valence-corrected chi connectivity index (χ0v) is 10.2. The van der Waals surface area contributed by atoms with Crippen LogP contribution in [0.5, 0.6) is 0 Å². The van der Waals surface area contributed by atoms with E-state index < -0.39 is 13.0 Å². The Kier molecular flexibility index (Phi) is 3.91. The summed E-state index contributed by atoms with van der Waals surface area (Å²) in [7, 11) is 5.71. The number of aliphatic hydroxyl groups excluding tert-OH is 1. The van der Waals surface area contributed by atoms with Crippen molar-refractivity contribution in [1.29, 1.82) is 0 Å². The molecule has 0 aromatic rings. The maximum Gasteiger partial charge on any atom is 0.109 e. The third-order valence-electron chi connectivity index (χ3n) is 2.79. The minimum atomic E-state index is -1.02. The Hall–Kier alpha value is 0.285. The Morgan fingerprint density at radius 2 is 2.07 bits per heavy atom. The second-order valence-electron chi connectivity index (χ2n) is 4.94. The number of rotatable bonds is 3. The fourth-order valence-electron chi connectivity index (χ4n) is 1.65. The van der Waals surface area contributed by atoms with Crippen LogP contribution in [-0.4, -0.2) is 57.0 Å². The van der Waals surface area contributed by atoms with Crippen LogP contribution in [0.3, 0.4) is 0 Å². The molecule has 1 saturated heterocycles. The molecule has 0 saturated carbocycles. The Morgan fingerprint density at radius 3 is 2.43 bits per heavy atom. The van der Waals surface area contributed by atoms with Gasteiger partial charge in [0.1, 0.15) is 7.85 Å². The predicted octanol–water partition coefficient (Wildman–Crippen LogP) is 0.976. The van der Waals surface area contributed by atoms with Gasteiger partial charge in [-0.25, -0.2) is 0 Å². The predicted molar refractivity (Wildman–Crippen MR) is 65.0 cm³/mol. The van der Waals surface area contributed by atoms with Crippen LogP contribution < -0.4 is 0 Å². The van der Waals surface area contributed by atoms with Gasteiger partial charge in [0.15, 0.2) is 0 Å². The summed E-state index contributed by atoms with van der Waals surface area (Å²) in [6.45, 7) is 5.30. The number of hydrogen-bond donors (Lipinski definition) is 1. The fourth-order valence-corrected chi connectivity index (χ4v) is 2.61. The lowest BCUT2D eigenvalue weighted by molar-refractivity contribution is 0.0301. The highest BCUT2D eigenvalue weighted by Gasteiger charge is 2.37. The van der Waals surface area contributed by atoms with E-state index in [0.29, 0.717) is 0 Å². The molecular formula is C10H20BO2P. The molecule has 0 aromatic heterocycles. The van der Waals surface area contributed by atoms with Gasteiger partial charge < -0.3 is 9.84 Å². The summed E-state index contributed by atoms with van der Waals surface area (Å²) in [5, 5.41) is 9.81. The van der Waals surface area contributed by atoms with Gasteiger partial charge in [-0.3, -0.25) is 0 Å². The van der Waals surface area contributed by atoms with Crippen molar-refractivity contribution in [3.8, 4) is 0 Å². The first-order valence-electron chi connectivity index (χ1n) is 5.08. The first kappa shape index (κ1) is 12.4. The summed E-state index contributed by atoms with van der Waals surface area (Å²) in [5.41, 5.74) is 0. The van der Waals surface area contributed by atoms with E-state index >= 15 is 0 Å². The van der Waals surface area contributed by atoms with Crippen molar-refractivity contribution in [3.05, 3.63) is 0 Å². The van der Waals surface area contributed by atoms with E-state index in [1.54, 1.807) is 0 Å². The van der Waals surface area contributed by atoms with E-state index in [0.717, 1.165) is 12.6 Å². The first-order chi connectivity index (χ1) is 6.31. The van der Waals surface area contributed by atoms with Gasteiger partial charge in [0.2, 0.25) is 0 Å². The van der Waals surface area contributed by atoms with Gasteiger partial charge in [-0.1, -0.05) is 6.92 Å². The number of aliphatic hydroxyl groups is 1. The van der Waals surface area contributed by atoms with Gasteiger partial charge in [0.25, 0.3) is 0 Å². The maximum atomic E-state index is 9.81. The molecule has 2 radical (unpaired) electrons. The Morgan fingerprint density at radius 1 is 1.50 bits per heavy atom. The van der Waals surface area contributed by atoms with E-state index in [1.807, 2.05) is 6.92 Å². The molecule has 0 aromatic carbocycles. The molecule has 1 heterocycles. The van der Waals surface area contributed by atoms with Gasteiger partial charge in [-0.05, 0) is 25.9 Å². The van der Waals surface area contributed by atoms with Crippen molar-refractivity contribution >= 4 is 21.0 Å². The molecule has 0 spiro atoms. The molecule has 4 heteroatoms. The third kappa shape index (κ3) is 3.15. The summed E-state index contributed by atoms with van der Waals surface area (Å²) in [6, 6.07) is -0.304. The van der Waals surface area contributed by atoms with Crippen LogP contribution in [-0.2, 0) is 4.74 Å². The number of ether oxygens (including phenoxy) is 1. The van der Waals surface area contributed by atoms with Crippen molar-refractivity contribution < 1.29 is 9.84 Å². The van der Waals surface area contributed by atoms with Crippen LogP contribution in [0, 0.1) is 5.92 Å². The zero-order valence-electron chi connectivity index (χ0n) is 9.31. The van der Waals surface area contributed by atoms with Crippen LogP contribution >= 0.6 is 6.89 Å². The first-order valence-corrected chi connectivity index (χ1v) is 8.13.